The largest absolute Gasteiger partial charge is 0.388 e. The molecule has 5 atom stereocenters. The molecule has 116 valence electrons. The zero-order chi connectivity index (χ0) is 14.8. The van der Waals surface area contributed by atoms with Gasteiger partial charge in [-0.15, -0.1) is 0 Å². The third-order valence-corrected chi connectivity index (χ3v) is 6.07. The Bertz CT molecular complexity index is 526. The summed E-state index contributed by atoms with van der Waals surface area (Å²) in [6.45, 7) is 0. The van der Waals surface area contributed by atoms with Crippen LogP contribution in [0.3, 0.4) is 0 Å². The molecule has 2 aliphatic carbocycles. The van der Waals surface area contributed by atoms with Crippen LogP contribution in [0.25, 0.3) is 0 Å². The van der Waals surface area contributed by atoms with E-state index in [4.69, 9.17) is 4.74 Å². The van der Waals surface area contributed by atoms with Crippen LogP contribution in [0.4, 0.5) is 0 Å². The van der Waals surface area contributed by atoms with Gasteiger partial charge < -0.3 is 19.8 Å². The summed E-state index contributed by atoms with van der Waals surface area (Å²) in [5.41, 5.74) is 1.68. The van der Waals surface area contributed by atoms with Gasteiger partial charge in [0.1, 0.15) is 6.10 Å². The van der Waals surface area contributed by atoms with Gasteiger partial charge in [0.25, 0.3) is 0 Å². The van der Waals surface area contributed by atoms with Crippen molar-refractivity contribution in [2.45, 2.75) is 68.0 Å². The maximum Gasteiger partial charge on any atom is 0.105 e. The third kappa shape index (κ3) is 1.76. The van der Waals surface area contributed by atoms with Gasteiger partial charge in [0.2, 0.25) is 0 Å². The fourth-order valence-electron chi connectivity index (χ4n) is 4.88. The number of allylic oxidation sites excluding steroid dienone is 1. The van der Waals surface area contributed by atoms with Gasteiger partial charge in [-0.3, -0.25) is 0 Å². The molecule has 1 saturated heterocycles. The first kappa shape index (κ1) is 13.9. The van der Waals surface area contributed by atoms with E-state index in [-0.39, 0.29) is 17.2 Å². The second-order valence-corrected chi connectivity index (χ2v) is 7.41. The number of aliphatic hydroxyl groups is 2. The van der Waals surface area contributed by atoms with Crippen LogP contribution in [-0.4, -0.2) is 58.7 Å². The molecule has 4 nitrogen and oxygen atoms in total. The topological polar surface area (TPSA) is 52.9 Å². The number of hydrogen-bond acceptors (Lipinski definition) is 4. The molecule has 2 heterocycles. The quantitative estimate of drug-likeness (QED) is 0.766. The SMILES string of the molecule is CN(C)[C@H]1C[C@]23CC[C@@]4(CCCC=C4C=C2[C@H](O)[C@@H]1O)O3. The first-order valence-corrected chi connectivity index (χ1v) is 8.13. The van der Waals surface area contributed by atoms with Gasteiger partial charge in [0.05, 0.1) is 17.3 Å². The lowest BCUT2D eigenvalue weighted by atomic mass is 9.71. The molecule has 2 aliphatic heterocycles. The molecule has 2 fully saturated rings. The van der Waals surface area contributed by atoms with Crippen LogP contribution in [0.2, 0.25) is 0 Å². The molecule has 21 heavy (non-hydrogen) atoms. The summed E-state index contributed by atoms with van der Waals surface area (Å²) in [6.07, 6.45) is 9.02. The summed E-state index contributed by atoms with van der Waals surface area (Å²) in [5, 5.41) is 21.1. The van der Waals surface area contributed by atoms with E-state index >= 15 is 0 Å². The Kier molecular flexibility index (Phi) is 2.93. The number of rotatable bonds is 1. The number of likely N-dealkylation sites (N-methyl/N-ethyl adjacent to an activating group) is 1. The monoisotopic (exact) mass is 291 g/mol. The van der Waals surface area contributed by atoms with E-state index in [1.165, 1.54) is 12.0 Å². The lowest BCUT2D eigenvalue weighted by molar-refractivity contribution is -0.140. The van der Waals surface area contributed by atoms with Gasteiger partial charge >= 0.3 is 0 Å². The summed E-state index contributed by atoms with van der Waals surface area (Å²) < 4.78 is 6.65. The molecule has 0 unspecified atom stereocenters. The predicted molar refractivity (Wildman–Crippen MR) is 79.9 cm³/mol. The van der Waals surface area contributed by atoms with Gasteiger partial charge in [-0.25, -0.2) is 0 Å². The van der Waals surface area contributed by atoms with Crippen molar-refractivity contribution in [2.24, 2.45) is 0 Å². The molecule has 4 rings (SSSR count). The van der Waals surface area contributed by atoms with Crippen LogP contribution < -0.4 is 0 Å². The molecule has 2 N–H and O–H groups in total. The Morgan fingerprint density at radius 1 is 1.19 bits per heavy atom. The number of ether oxygens (including phenoxy) is 1. The van der Waals surface area contributed by atoms with Gasteiger partial charge in [-0.05, 0) is 63.8 Å². The lowest BCUT2D eigenvalue weighted by Gasteiger charge is -2.51. The van der Waals surface area contributed by atoms with E-state index < -0.39 is 12.2 Å². The molecule has 0 aromatic carbocycles. The molecular formula is C17H25NO3. The molecule has 2 bridgehead atoms. The molecule has 0 radical (unpaired) electrons. The average Bonchev–Trinajstić information content (AvgIpc) is 2.75. The summed E-state index contributed by atoms with van der Waals surface area (Å²) in [4.78, 5) is 2.01. The van der Waals surface area contributed by atoms with Crippen molar-refractivity contribution in [1.29, 1.82) is 0 Å². The Morgan fingerprint density at radius 2 is 1.95 bits per heavy atom. The highest BCUT2D eigenvalue weighted by molar-refractivity contribution is 5.47. The van der Waals surface area contributed by atoms with Crippen molar-refractivity contribution in [3.8, 4) is 0 Å². The summed E-state index contributed by atoms with van der Waals surface area (Å²) in [7, 11) is 3.93. The predicted octanol–water partition coefficient (Wildman–Crippen LogP) is 1.38. The van der Waals surface area contributed by atoms with Crippen LogP contribution in [-0.2, 0) is 4.74 Å². The van der Waals surface area contributed by atoms with Gasteiger partial charge in [0.15, 0.2) is 0 Å². The van der Waals surface area contributed by atoms with E-state index in [2.05, 4.69) is 12.2 Å². The van der Waals surface area contributed by atoms with Crippen molar-refractivity contribution < 1.29 is 14.9 Å². The van der Waals surface area contributed by atoms with Gasteiger partial charge in [-0.2, -0.15) is 0 Å². The Morgan fingerprint density at radius 3 is 2.71 bits per heavy atom. The molecule has 0 aromatic rings. The van der Waals surface area contributed by atoms with Crippen LogP contribution in [0.15, 0.2) is 23.3 Å². The number of aliphatic hydroxyl groups excluding tert-OH is 2. The zero-order valence-corrected chi connectivity index (χ0v) is 12.9. The first-order valence-electron chi connectivity index (χ1n) is 8.13. The number of hydrogen-bond donors (Lipinski definition) is 2. The molecule has 2 spiro atoms. The van der Waals surface area contributed by atoms with E-state index in [1.54, 1.807) is 0 Å². The molecular weight excluding hydrogens is 266 g/mol. The minimum atomic E-state index is -0.815. The maximum absolute atomic E-state index is 10.6. The van der Waals surface area contributed by atoms with E-state index in [0.29, 0.717) is 0 Å². The maximum atomic E-state index is 10.6. The minimum Gasteiger partial charge on any atom is -0.388 e. The summed E-state index contributed by atoms with van der Waals surface area (Å²) in [6, 6.07) is -0.0542. The Labute approximate surface area is 126 Å². The average molecular weight is 291 g/mol. The highest BCUT2D eigenvalue weighted by atomic mass is 16.5. The van der Waals surface area contributed by atoms with Crippen molar-refractivity contribution in [1.82, 2.24) is 4.90 Å². The Hall–Kier alpha value is -0.680. The van der Waals surface area contributed by atoms with Crippen LogP contribution in [0.5, 0.6) is 0 Å². The first-order chi connectivity index (χ1) is 9.97. The van der Waals surface area contributed by atoms with E-state index in [0.717, 1.165) is 37.7 Å². The second-order valence-electron chi connectivity index (χ2n) is 7.41. The molecule has 0 amide bonds. The van der Waals surface area contributed by atoms with Gasteiger partial charge in [-0.1, -0.05) is 12.2 Å². The smallest absolute Gasteiger partial charge is 0.105 e. The van der Waals surface area contributed by atoms with Crippen LogP contribution >= 0.6 is 0 Å². The van der Waals surface area contributed by atoms with Gasteiger partial charge in [0, 0.05) is 6.04 Å². The molecule has 4 heteroatoms. The second kappa shape index (κ2) is 4.42. The zero-order valence-electron chi connectivity index (χ0n) is 12.9. The molecule has 1 saturated carbocycles. The van der Waals surface area contributed by atoms with E-state index in [9.17, 15) is 10.2 Å². The highest BCUT2D eigenvalue weighted by Gasteiger charge is 2.61. The van der Waals surface area contributed by atoms with Crippen molar-refractivity contribution in [2.75, 3.05) is 14.1 Å². The van der Waals surface area contributed by atoms with Crippen molar-refractivity contribution in [3.63, 3.8) is 0 Å². The van der Waals surface area contributed by atoms with Crippen LogP contribution in [0.1, 0.15) is 38.5 Å². The molecule has 0 aromatic heterocycles. The number of nitrogens with zero attached hydrogens (tertiary/aromatic N) is 1. The third-order valence-electron chi connectivity index (χ3n) is 6.07. The minimum absolute atomic E-state index is 0.0542. The fourth-order valence-corrected chi connectivity index (χ4v) is 4.88. The summed E-state index contributed by atoms with van der Waals surface area (Å²) in [5.74, 6) is 0. The standard InChI is InChI=1S/C17H25NO3/c1-18(2)13-10-17-8-7-16(21-17)6-4-3-5-11(16)9-12(17)14(19)15(13)20/h5,9,13-15,19-20H,3-4,6-8,10H2,1-2H3/t13-,14-,15+,16+,17+/m0/s1. The highest BCUT2D eigenvalue weighted by Crippen LogP contribution is 2.58. The fraction of sp³-hybridized carbons (Fsp3) is 0.765. The molecule has 4 aliphatic rings. The summed E-state index contributed by atoms with van der Waals surface area (Å²) >= 11 is 0. The van der Waals surface area contributed by atoms with Crippen molar-refractivity contribution >= 4 is 0 Å². The lowest BCUT2D eigenvalue weighted by Crippen LogP contribution is -2.60. The Balaban J connectivity index is 1.80. The van der Waals surface area contributed by atoms with E-state index in [1.807, 2.05) is 19.0 Å². The normalized spacial score (nSPS) is 48.5. The van der Waals surface area contributed by atoms with Crippen LogP contribution in [0, 0.1) is 0 Å². The van der Waals surface area contributed by atoms with Crippen molar-refractivity contribution in [3.05, 3.63) is 23.3 Å².